The SMILES string of the molecule is CCOC(=O)c1cc([N+](=O)[O-])cn1C1CCCC1.O=C(O)c1cc([N+](=O)[O-])cn1C1CCCC1. The topological polar surface area (TPSA) is 160 Å². The summed E-state index contributed by atoms with van der Waals surface area (Å²) in [5.41, 5.74) is 0.100. The summed E-state index contributed by atoms with van der Waals surface area (Å²) in [5.74, 6) is -1.60. The molecule has 0 amide bonds. The maximum Gasteiger partial charge on any atom is 0.355 e. The highest BCUT2D eigenvalue weighted by Crippen LogP contribution is 2.34. The van der Waals surface area contributed by atoms with E-state index in [1.165, 1.54) is 23.0 Å². The zero-order chi connectivity index (χ0) is 24.8. The van der Waals surface area contributed by atoms with Crippen LogP contribution in [0.1, 0.15) is 91.4 Å². The van der Waals surface area contributed by atoms with Gasteiger partial charge in [0.2, 0.25) is 0 Å². The van der Waals surface area contributed by atoms with E-state index in [1.54, 1.807) is 11.5 Å². The zero-order valence-corrected chi connectivity index (χ0v) is 18.9. The van der Waals surface area contributed by atoms with E-state index >= 15 is 0 Å². The van der Waals surface area contributed by atoms with Gasteiger partial charge in [-0.15, -0.1) is 0 Å². The van der Waals surface area contributed by atoms with Gasteiger partial charge in [-0.25, -0.2) is 9.59 Å². The Morgan fingerprint density at radius 2 is 1.32 bits per heavy atom. The summed E-state index contributed by atoms with van der Waals surface area (Å²) in [4.78, 5) is 43.1. The summed E-state index contributed by atoms with van der Waals surface area (Å²) in [7, 11) is 0. The summed E-state index contributed by atoms with van der Waals surface area (Å²) in [6.07, 6.45) is 10.8. The Kier molecular flexibility index (Phi) is 8.03. The van der Waals surface area contributed by atoms with Crippen LogP contribution >= 0.6 is 0 Å². The molecule has 2 heterocycles. The van der Waals surface area contributed by atoms with Crippen LogP contribution in [0.25, 0.3) is 0 Å². The van der Waals surface area contributed by atoms with Gasteiger partial charge < -0.3 is 19.0 Å². The summed E-state index contributed by atoms with van der Waals surface area (Å²) in [6.45, 7) is 1.98. The molecule has 4 rings (SSSR count). The standard InChI is InChI=1S/C12H16N2O4.C10H12N2O4/c1-2-18-12(15)11-7-10(14(16)17)8-13(11)9-5-3-4-6-9;13-10(14)9-5-8(12(15)16)6-11(9)7-3-1-2-4-7/h7-9H,2-6H2,1H3;5-7H,1-4H2,(H,13,14). The van der Waals surface area contributed by atoms with Crippen LogP contribution in [0, 0.1) is 20.2 Å². The lowest BCUT2D eigenvalue weighted by Crippen LogP contribution is -2.14. The number of aromatic nitrogens is 2. The van der Waals surface area contributed by atoms with E-state index in [0.717, 1.165) is 57.4 Å². The second-order valence-corrected chi connectivity index (χ2v) is 8.40. The first-order valence-electron chi connectivity index (χ1n) is 11.4. The molecular formula is C22H28N4O8. The Morgan fingerprint density at radius 3 is 1.71 bits per heavy atom. The Morgan fingerprint density at radius 1 is 0.912 bits per heavy atom. The van der Waals surface area contributed by atoms with Crippen molar-refractivity contribution in [1.29, 1.82) is 0 Å². The molecule has 0 aliphatic heterocycles. The number of rotatable bonds is 7. The van der Waals surface area contributed by atoms with Gasteiger partial charge in [0.05, 0.1) is 28.8 Å². The molecule has 2 aliphatic carbocycles. The van der Waals surface area contributed by atoms with Crippen LogP contribution in [0.5, 0.6) is 0 Å². The minimum Gasteiger partial charge on any atom is -0.477 e. The fourth-order valence-electron chi connectivity index (χ4n) is 4.64. The summed E-state index contributed by atoms with van der Waals surface area (Å²) in [6, 6.07) is 2.70. The highest BCUT2D eigenvalue weighted by Gasteiger charge is 2.27. The average molecular weight is 476 g/mol. The zero-order valence-electron chi connectivity index (χ0n) is 18.9. The molecule has 0 saturated heterocycles. The first-order chi connectivity index (χ1) is 16.2. The summed E-state index contributed by atoms with van der Waals surface area (Å²) >= 11 is 0. The van der Waals surface area contributed by atoms with Crippen molar-refractivity contribution in [3.8, 4) is 0 Å². The van der Waals surface area contributed by atoms with Crippen molar-refractivity contribution >= 4 is 23.3 Å². The van der Waals surface area contributed by atoms with Crippen LogP contribution in [0.2, 0.25) is 0 Å². The van der Waals surface area contributed by atoms with Gasteiger partial charge in [-0.3, -0.25) is 20.2 Å². The lowest BCUT2D eigenvalue weighted by molar-refractivity contribution is -0.385. The number of hydrogen-bond donors (Lipinski definition) is 1. The van der Waals surface area contributed by atoms with Gasteiger partial charge in [0.15, 0.2) is 0 Å². The van der Waals surface area contributed by atoms with Crippen LogP contribution in [0.3, 0.4) is 0 Å². The van der Waals surface area contributed by atoms with Crippen molar-refractivity contribution in [2.24, 2.45) is 0 Å². The minimum atomic E-state index is -1.11. The third-order valence-corrected chi connectivity index (χ3v) is 6.23. The number of carboxylic acid groups (broad SMARTS) is 1. The average Bonchev–Trinajstić information content (AvgIpc) is 3.59. The molecular weight excluding hydrogens is 448 g/mol. The number of carboxylic acids is 1. The number of nitro groups is 2. The van der Waals surface area contributed by atoms with Crippen LogP contribution in [0.4, 0.5) is 11.4 Å². The molecule has 0 aromatic carbocycles. The highest BCUT2D eigenvalue weighted by atomic mass is 16.6. The normalized spacial score (nSPS) is 16.1. The molecule has 0 radical (unpaired) electrons. The van der Waals surface area contributed by atoms with Gasteiger partial charge in [0, 0.05) is 24.2 Å². The van der Waals surface area contributed by atoms with Gasteiger partial charge in [-0.1, -0.05) is 25.7 Å². The van der Waals surface area contributed by atoms with E-state index in [-0.39, 0.29) is 41.5 Å². The van der Waals surface area contributed by atoms with Crippen molar-refractivity contribution in [3.63, 3.8) is 0 Å². The van der Waals surface area contributed by atoms with Crippen LogP contribution in [-0.2, 0) is 4.74 Å². The molecule has 2 saturated carbocycles. The quantitative estimate of drug-likeness (QED) is 0.335. The smallest absolute Gasteiger partial charge is 0.355 e. The number of nitrogens with zero attached hydrogens (tertiary/aromatic N) is 4. The Hall–Kier alpha value is -3.70. The van der Waals surface area contributed by atoms with E-state index < -0.39 is 21.8 Å². The first-order valence-corrected chi connectivity index (χ1v) is 11.4. The molecule has 0 atom stereocenters. The number of carbonyl (C=O) groups is 2. The third kappa shape index (κ3) is 5.61. The number of aromatic carboxylic acids is 1. The van der Waals surface area contributed by atoms with E-state index in [0.29, 0.717) is 0 Å². The third-order valence-electron chi connectivity index (χ3n) is 6.23. The molecule has 0 bridgehead atoms. The van der Waals surface area contributed by atoms with E-state index in [1.807, 2.05) is 0 Å². The predicted molar refractivity (Wildman–Crippen MR) is 120 cm³/mol. The Balaban J connectivity index is 0.000000192. The molecule has 12 nitrogen and oxygen atoms in total. The maximum atomic E-state index is 11.8. The second-order valence-electron chi connectivity index (χ2n) is 8.40. The molecule has 34 heavy (non-hydrogen) atoms. The molecule has 2 aromatic rings. The largest absolute Gasteiger partial charge is 0.477 e. The second kappa shape index (κ2) is 10.9. The van der Waals surface area contributed by atoms with E-state index in [2.05, 4.69) is 0 Å². The van der Waals surface area contributed by atoms with Crippen molar-refractivity contribution in [2.45, 2.75) is 70.4 Å². The molecule has 2 aromatic heterocycles. The van der Waals surface area contributed by atoms with Gasteiger partial charge in [0.25, 0.3) is 11.4 Å². The molecule has 184 valence electrons. The van der Waals surface area contributed by atoms with Crippen molar-refractivity contribution in [2.75, 3.05) is 6.61 Å². The Labute approximate surface area is 195 Å². The van der Waals surface area contributed by atoms with Gasteiger partial charge in [-0.05, 0) is 32.6 Å². The highest BCUT2D eigenvalue weighted by molar-refractivity contribution is 5.89. The molecule has 1 N–H and O–H groups in total. The monoisotopic (exact) mass is 476 g/mol. The van der Waals surface area contributed by atoms with Gasteiger partial charge in [-0.2, -0.15) is 0 Å². The van der Waals surface area contributed by atoms with Crippen LogP contribution < -0.4 is 0 Å². The fraction of sp³-hybridized carbons (Fsp3) is 0.545. The number of carbonyl (C=O) groups excluding carboxylic acids is 1. The van der Waals surface area contributed by atoms with Gasteiger partial charge in [0.1, 0.15) is 11.4 Å². The van der Waals surface area contributed by atoms with Crippen molar-refractivity contribution in [3.05, 3.63) is 56.1 Å². The van der Waals surface area contributed by atoms with Crippen molar-refractivity contribution in [1.82, 2.24) is 9.13 Å². The number of esters is 1. The van der Waals surface area contributed by atoms with Crippen molar-refractivity contribution < 1.29 is 29.3 Å². The Bertz CT molecular complexity index is 1060. The number of hydrogen-bond acceptors (Lipinski definition) is 7. The number of ether oxygens (including phenoxy) is 1. The van der Waals surface area contributed by atoms with Gasteiger partial charge >= 0.3 is 11.9 Å². The molecule has 0 unspecified atom stereocenters. The maximum absolute atomic E-state index is 11.8. The molecule has 2 aliphatic rings. The first kappa shape index (κ1) is 24.9. The molecule has 12 heteroatoms. The predicted octanol–water partition coefficient (Wildman–Crippen LogP) is 4.90. The summed E-state index contributed by atoms with van der Waals surface area (Å²) in [5, 5.41) is 30.4. The lowest BCUT2D eigenvalue weighted by Gasteiger charge is -2.14. The fourth-order valence-corrected chi connectivity index (χ4v) is 4.64. The van der Waals surface area contributed by atoms with E-state index in [9.17, 15) is 29.8 Å². The molecule has 2 fully saturated rings. The van der Waals surface area contributed by atoms with E-state index in [4.69, 9.17) is 9.84 Å². The van der Waals surface area contributed by atoms with Crippen LogP contribution in [-0.4, -0.2) is 42.6 Å². The van der Waals surface area contributed by atoms with Crippen LogP contribution in [0.15, 0.2) is 24.5 Å². The summed E-state index contributed by atoms with van der Waals surface area (Å²) < 4.78 is 8.19. The lowest BCUT2D eigenvalue weighted by atomic mass is 10.2. The molecule has 0 spiro atoms. The minimum absolute atomic E-state index is 0.0126.